The van der Waals surface area contributed by atoms with Crippen LogP contribution in [0.1, 0.15) is 5.56 Å². The van der Waals surface area contributed by atoms with Crippen LogP contribution in [0.5, 0.6) is 0 Å². The highest BCUT2D eigenvalue weighted by Crippen LogP contribution is 2.29. The third-order valence-corrected chi connectivity index (χ3v) is 6.30. The molecular formula is C22H23N5O3S. The SMILES string of the molecule is O=C(NCc1ccccc1)N[C@@H]1CO[C@@H]2[C@@H]1OC[C@@H]2Nc1nccc(-c2cccs2)n1. The average molecular weight is 438 g/mol. The van der Waals surface area contributed by atoms with Gasteiger partial charge in [0.15, 0.2) is 0 Å². The van der Waals surface area contributed by atoms with E-state index in [1.807, 2.05) is 53.9 Å². The lowest BCUT2D eigenvalue weighted by Gasteiger charge is -2.18. The first-order valence-electron chi connectivity index (χ1n) is 10.2. The molecule has 31 heavy (non-hydrogen) atoms. The first kappa shape index (κ1) is 19.9. The molecule has 2 fully saturated rings. The number of nitrogens with zero attached hydrogens (tertiary/aromatic N) is 2. The fraction of sp³-hybridized carbons (Fsp3) is 0.318. The van der Waals surface area contributed by atoms with Crippen LogP contribution in [-0.4, -0.2) is 53.5 Å². The Hall–Kier alpha value is -3.01. The average Bonchev–Trinajstić information content (AvgIpc) is 3.54. The molecule has 2 saturated heterocycles. The monoisotopic (exact) mass is 437 g/mol. The molecule has 9 heteroatoms. The van der Waals surface area contributed by atoms with Crippen molar-refractivity contribution in [3.8, 4) is 10.6 Å². The Morgan fingerprint density at radius 2 is 1.84 bits per heavy atom. The number of urea groups is 1. The zero-order chi connectivity index (χ0) is 21.0. The topological polar surface area (TPSA) is 97.4 Å². The minimum atomic E-state index is -0.231. The number of nitrogens with one attached hydrogen (secondary N) is 3. The third-order valence-electron chi connectivity index (χ3n) is 5.41. The molecule has 5 rings (SSSR count). The number of fused-ring (bicyclic) bond motifs is 1. The smallest absolute Gasteiger partial charge is 0.315 e. The largest absolute Gasteiger partial charge is 0.371 e. The van der Waals surface area contributed by atoms with Crippen LogP contribution in [0.15, 0.2) is 60.1 Å². The Morgan fingerprint density at radius 3 is 2.65 bits per heavy atom. The third kappa shape index (κ3) is 4.53. The van der Waals surface area contributed by atoms with E-state index in [9.17, 15) is 4.79 Å². The molecule has 2 aliphatic rings. The number of thiophene rings is 1. The van der Waals surface area contributed by atoms with Crippen LogP contribution >= 0.6 is 11.3 Å². The zero-order valence-electron chi connectivity index (χ0n) is 16.7. The molecule has 4 heterocycles. The van der Waals surface area contributed by atoms with Crippen molar-refractivity contribution in [2.45, 2.75) is 30.8 Å². The van der Waals surface area contributed by atoms with E-state index < -0.39 is 0 Å². The number of benzene rings is 1. The predicted molar refractivity (Wildman–Crippen MR) is 118 cm³/mol. The summed E-state index contributed by atoms with van der Waals surface area (Å²) in [5, 5.41) is 11.2. The highest BCUT2D eigenvalue weighted by molar-refractivity contribution is 7.13. The van der Waals surface area contributed by atoms with Gasteiger partial charge in [0.05, 0.1) is 35.9 Å². The molecule has 0 aliphatic carbocycles. The van der Waals surface area contributed by atoms with Gasteiger partial charge in [-0.2, -0.15) is 0 Å². The maximum atomic E-state index is 12.3. The van der Waals surface area contributed by atoms with Crippen molar-refractivity contribution < 1.29 is 14.3 Å². The molecule has 4 atom stereocenters. The Morgan fingerprint density at radius 1 is 1.03 bits per heavy atom. The lowest BCUT2D eigenvalue weighted by Crippen LogP contribution is -2.48. The van der Waals surface area contributed by atoms with E-state index in [4.69, 9.17) is 9.47 Å². The number of hydrogen-bond acceptors (Lipinski definition) is 7. The van der Waals surface area contributed by atoms with E-state index >= 15 is 0 Å². The van der Waals surface area contributed by atoms with E-state index in [1.54, 1.807) is 17.5 Å². The van der Waals surface area contributed by atoms with Crippen molar-refractivity contribution in [1.82, 2.24) is 20.6 Å². The molecule has 0 radical (unpaired) electrons. The van der Waals surface area contributed by atoms with Crippen molar-refractivity contribution >= 4 is 23.3 Å². The van der Waals surface area contributed by atoms with Crippen LogP contribution in [-0.2, 0) is 16.0 Å². The van der Waals surface area contributed by atoms with Crippen LogP contribution in [0.3, 0.4) is 0 Å². The van der Waals surface area contributed by atoms with Crippen molar-refractivity contribution in [3.63, 3.8) is 0 Å². The van der Waals surface area contributed by atoms with Gasteiger partial charge in [0.1, 0.15) is 12.2 Å². The number of carbonyl (C=O) groups excluding carboxylic acids is 1. The summed E-state index contributed by atoms with van der Waals surface area (Å²) in [6.45, 7) is 1.34. The molecule has 3 N–H and O–H groups in total. The van der Waals surface area contributed by atoms with E-state index in [1.165, 1.54) is 0 Å². The minimum absolute atomic E-state index is 0.0808. The van der Waals surface area contributed by atoms with E-state index in [0.29, 0.717) is 25.7 Å². The maximum Gasteiger partial charge on any atom is 0.315 e. The summed E-state index contributed by atoms with van der Waals surface area (Å²) < 4.78 is 11.9. The van der Waals surface area contributed by atoms with Gasteiger partial charge in [-0.1, -0.05) is 36.4 Å². The highest BCUT2D eigenvalue weighted by Gasteiger charge is 2.48. The number of rotatable bonds is 6. The van der Waals surface area contributed by atoms with Crippen LogP contribution < -0.4 is 16.0 Å². The van der Waals surface area contributed by atoms with E-state index in [0.717, 1.165) is 16.1 Å². The van der Waals surface area contributed by atoms with Gasteiger partial charge >= 0.3 is 6.03 Å². The molecule has 2 aromatic heterocycles. The summed E-state index contributed by atoms with van der Waals surface area (Å²) in [5.74, 6) is 0.542. The summed E-state index contributed by atoms with van der Waals surface area (Å²) in [7, 11) is 0. The van der Waals surface area contributed by atoms with Crippen molar-refractivity contribution in [2.24, 2.45) is 0 Å². The number of amides is 2. The lowest BCUT2D eigenvalue weighted by atomic mass is 10.1. The second-order valence-corrected chi connectivity index (χ2v) is 8.46. The van der Waals surface area contributed by atoms with Gasteiger partial charge in [0.2, 0.25) is 5.95 Å². The quantitative estimate of drug-likeness (QED) is 0.549. The van der Waals surface area contributed by atoms with Crippen molar-refractivity contribution in [1.29, 1.82) is 0 Å². The molecular weight excluding hydrogens is 414 g/mol. The van der Waals surface area contributed by atoms with Crippen LogP contribution in [0, 0.1) is 0 Å². The fourth-order valence-corrected chi connectivity index (χ4v) is 4.60. The van der Waals surface area contributed by atoms with Gasteiger partial charge < -0.3 is 25.4 Å². The summed E-state index contributed by atoms with van der Waals surface area (Å²) in [5.41, 5.74) is 1.93. The molecule has 0 spiro atoms. The number of aromatic nitrogens is 2. The van der Waals surface area contributed by atoms with Gasteiger partial charge in [-0.15, -0.1) is 11.3 Å². The number of carbonyl (C=O) groups is 1. The normalized spacial score (nSPS) is 24.5. The van der Waals surface area contributed by atoms with Crippen LogP contribution in [0.25, 0.3) is 10.6 Å². The standard InChI is InChI=1S/C22H23N5O3S/c28-22(24-11-14-5-2-1-3-6-14)27-17-13-30-19-16(12-29-20(17)19)26-21-23-9-8-15(25-21)18-7-4-10-31-18/h1-10,16-17,19-20H,11-13H2,(H,23,25,26)(H2,24,27,28)/t16-,17+,19-,20+/m0/s1. The van der Waals surface area contributed by atoms with Crippen molar-refractivity contribution in [3.05, 3.63) is 65.7 Å². The zero-order valence-corrected chi connectivity index (χ0v) is 17.5. The Balaban J connectivity index is 1.16. The molecule has 3 aromatic rings. The maximum absolute atomic E-state index is 12.3. The van der Waals surface area contributed by atoms with Crippen LogP contribution in [0.4, 0.5) is 10.7 Å². The molecule has 0 bridgehead atoms. The first-order chi connectivity index (χ1) is 15.3. The Kier molecular flexibility index (Phi) is 5.79. The fourth-order valence-electron chi connectivity index (χ4n) is 3.90. The van der Waals surface area contributed by atoms with E-state index in [2.05, 4.69) is 25.9 Å². The Labute approximate surface area is 184 Å². The van der Waals surface area contributed by atoms with Crippen LogP contribution in [0.2, 0.25) is 0 Å². The number of anilines is 1. The molecule has 160 valence electrons. The predicted octanol–water partition coefficient (Wildman–Crippen LogP) is 2.65. The molecule has 0 unspecified atom stereocenters. The molecule has 2 amide bonds. The summed E-state index contributed by atoms with van der Waals surface area (Å²) in [6.07, 6.45) is 1.36. The minimum Gasteiger partial charge on any atom is -0.371 e. The number of hydrogen-bond donors (Lipinski definition) is 3. The van der Waals surface area contributed by atoms with E-state index in [-0.39, 0.29) is 30.3 Å². The van der Waals surface area contributed by atoms with Gasteiger partial charge in [-0.3, -0.25) is 0 Å². The van der Waals surface area contributed by atoms with Gasteiger partial charge in [0.25, 0.3) is 0 Å². The molecule has 8 nitrogen and oxygen atoms in total. The van der Waals surface area contributed by atoms with Gasteiger partial charge in [-0.25, -0.2) is 14.8 Å². The second kappa shape index (κ2) is 9.01. The summed E-state index contributed by atoms with van der Waals surface area (Å²) in [6, 6.07) is 15.2. The second-order valence-electron chi connectivity index (χ2n) is 7.51. The summed E-state index contributed by atoms with van der Waals surface area (Å²) >= 11 is 1.64. The summed E-state index contributed by atoms with van der Waals surface area (Å²) in [4.78, 5) is 22.4. The Bertz CT molecular complexity index is 1020. The molecule has 2 aliphatic heterocycles. The van der Waals surface area contributed by atoms with Crippen molar-refractivity contribution in [2.75, 3.05) is 18.5 Å². The van der Waals surface area contributed by atoms with Gasteiger partial charge in [-0.05, 0) is 23.1 Å². The first-order valence-corrected chi connectivity index (χ1v) is 11.1. The number of ether oxygens (including phenoxy) is 2. The highest BCUT2D eigenvalue weighted by atomic mass is 32.1. The molecule has 1 aromatic carbocycles. The van der Waals surface area contributed by atoms with Gasteiger partial charge in [0, 0.05) is 12.7 Å². The lowest BCUT2D eigenvalue weighted by molar-refractivity contribution is 0.0682. The molecule has 0 saturated carbocycles.